The van der Waals surface area contributed by atoms with E-state index in [-0.39, 0.29) is 6.42 Å². The quantitative estimate of drug-likeness (QED) is 0.911. The van der Waals surface area contributed by atoms with E-state index in [1.54, 1.807) is 0 Å². The van der Waals surface area contributed by atoms with Crippen molar-refractivity contribution in [1.82, 2.24) is 0 Å². The van der Waals surface area contributed by atoms with Crippen LogP contribution in [0, 0.1) is 0 Å². The Kier molecular flexibility index (Phi) is 3.83. The van der Waals surface area contributed by atoms with Gasteiger partial charge in [0.2, 0.25) is 0 Å². The van der Waals surface area contributed by atoms with Crippen LogP contribution >= 0.6 is 0 Å². The highest BCUT2D eigenvalue weighted by Crippen LogP contribution is 2.30. The summed E-state index contributed by atoms with van der Waals surface area (Å²) in [6.45, 7) is 1.53. The first-order valence-electron chi connectivity index (χ1n) is 4.73. The molecule has 0 bridgehead atoms. The monoisotopic (exact) mass is 268 g/mol. The van der Waals surface area contributed by atoms with Crippen LogP contribution in [0.25, 0.3) is 0 Å². The van der Waals surface area contributed by atoms with Gasteiger partial charge in [-0.25, -0.2) is 8.42 Å². The molecular formula is C10H11F3O3S. The first kappa shape index (κ1) is 14.0. The summed E-state index contributed by atoms with van der Waals surface area (Å²) in [6, 6.07) is 4.29. The van der Waals surface area contributed by atoms with E-state index in [1.165, 1.54) is 19.1 Å². The van der Waals surface area contributed by atoms with E-state index in [4.69, 9.17) is 5.11 Å². The molecule has 1 atom stereocenters. The first-order valence-corrected chi connectivity index (χ1v) is 6.21. The zero-order valence-corrected chi connectivity index (χ0v) is 9.72. The summed E-state index contributed by atoms with van der Waals surface area (Å²) in [6.07, 6.45) is -0.383. The maximum Gasteiger partial charge on any atom is 0.501 e. The minimum Gasteiger partial charge on any atom is -0.393 e. The van der Waals surface area contributed by atoms with Crippen molar-refractivity contribution in [2.24, 2.45) is 0 Å². The third-order valence-corrected chi connectivity index (χ3v) is 3.57. The molecule has 0 saturated heterocycles. The molecule has 7 heteroatoms. The molecular weight excluding hydrogens is 257 g/mol. The highest BCUT2D eigenvalue weighted by Gasteiger charge is 2.46. The van der Waals surface area contributed by atoms with Crippen LogP contribution in [-0.2, 0) is 16.3 Å². The zero-order chi connectivity index (χ0) is 13.3. The van der Waals surface area contributed by atoms with Gasteiger partial charge < -0.3 is 5.11 Å². The Morgan fingerprint density at radius 3 is 2.06 bits per heavy atom. The highest BCUT2D eigenvalue weighted by atomic mass is 32.2. The Morgan fingerprint density at radius 1 is 1.24 bits per heavy atom. The molecule has 1 unspecified atom stereocenters. The van der Waals surface area contributed by atoms with Gasteiger partial charge in [-0.2, -0.15) is 13.2 Å². The van der Waals surface area contributed by atoms with Gasteiger partial charge in [-0.3, -0.25) is 0 Å². The van der Waals surface area contributed by atoms with Gasteiger partial charge in [-0.1, -0.05) is 12.1 Å². The number of hydrogen-bond donors (Lipinski definition) is 1. The normalized spacial score (nSPS) is 14.6. The Hall–Kier alpha value is -1.08. The lowest BCUT2D eigenvalue weighted by Gasteiger charge is -2.09. The van der Waals surface area contributed by atoms with Crippen molar-refractivity contribution < 1.29 is 26.7 Å². The lowest BCUT2D eigenvalue weighted by Crippen LogP contribution is -2.23. The molecule has 1 aromatic rings. The fourth-order valence-corrected chi connectivity index (χ4v) is 2.04. The lowest BCUT2D eigenvalue weighted by molar-refractivity contribution is -0.0436. The molecule has 0 aliphatic rings. The van der Waals surface area contributed by atoms with Crippen LogP contribution in [0.1, 0.15) is 12.5 Å². The van der Waals surface area contributed by atoms with Gasteiger partial charge in [0, 0.05) is 0 Å². The summed E-state index contributed by atoms with van der Waals surface area (Å²) in [5.74, 6) is 0. The van der Waals surface area contributed by atoms with Crippen LogP contribution in [-0.4, -0.2) is 25.1 Å². The number of hydrogen-bond acceptors (Lipinski definition) is 3. The lowest BCUT2D eigenvalue weighted by atomic mass is 10.1. The summed E-state index contributed by atoms with van der Waals surface area (Å²) in [4.78, 5) is -0.792. The molecule has 1 rings (SSSR count). The molecule has 0 spiro atoms. The third kappa shape index (κ3) is 3.19. The molecule has 3 nitrogen and oxygen atoms in total. The average Bonchev–Trinajstić information content (AvgIpc) is 2.15. The van der Waals surface area contributed by atoms with Crippen LogP contribution < -0.4 is 0 Å². The van der Waals surface area contributed by atoms with Crippen molar-refractivity contribution in [2.45, 2.75) is 29.9 Å². The number of aliphatic hydroxyl groups is 1. The van der Waals surface area contributed by atoms with Gasteiger partial charge in [0.25, 0.3) is 9.84 Å². The Morgan fingerprint density at radius 2 is 1.71 bits per heavy atom. The maximum absolute atomic E-state index is 12.2. The molecule has 1 N–H and O–H groups in total. The molecule has 0 amide bonds. The van der Waals surface area contributed by atoms with Crippen LogP contribution in [0.4, 0.5) is 13.2 Å². The predicted molar refractivity (Wildman–Crippen MR) is 55.1 cm³/mol. The molecule has 0 heterocycles. The summed E-state index contributed by atoms with van der Waals surface area (Å²) in [7, 11) is -5.28. The standard InChI is InChI=1S/C10H11F3O3S/c1-7(14)6-8-2-4-9(5-3-8)17(15,16)10(11,12)13/h2-5,7,14H,6H2,1H3. The third-order valence-electron chi connectivity index (χ3n) is 2.07. The topological polar surface area (TPSA) is 54.4 Å². The fourth-order valence-electron chi connectivity index (χ4n) is 1.28. The van der Waals surface area contributed by atoms with Gasteiger partial charge >= 0.3 is 5.51 Å². The van der Waals surface area contributed by atoms with Gasteiger partial charge in [-0.15, -0.1) is 0 Å². The van der Waals surface area contributed by atoms with E-state index in [0.717, 1.165) is 12.1 Å². The minimum absolute atomic E-state index is 0.256. The van der Waals surface area contributed by atoms with Crippen molar-refractivity contribution in [3.63, 3.8) is 0 Å². The number of aliphatic hydroxyl groups excluding tert-OH is 1. The van der Waals surface area contributed by atoms with E-state index in [0.29, 0.717) is 5.56 Å². The SMILES string of the molecule is CC(O)Cc1ccc(S(=O)(=O)C(F)(F)F)cc1. The summed E-state index contributed by atoms with van der Waals surface area (Å²) in [5.41, 5.74) is -4.72. The smallest absolute Gasteiger partial charge is 0.393 e. The van der Waals surface area contributed by atoms with Gasteiger partial charge in [0.05, 0.1) is 11.0 Å². The van der Waals surface area contributed by atoms with Crippen molar-refractivity contribution in [3.8, 4) is 0 Å². The molecule has 96 valence electrons. The summed E-state index contributed by atoms with van der Waals surface area (Å²) in [5, 5.41) is 9.07. The Balaban J connectivity index is 3.04. The molecule has 0 aliphatic carbocycles. The van der Waals surface area contributed by atoms with Crippen molar-refractivity contribution in [3.05, 3.63) is 29.8 Å². The van der Waals surface area contributed by atoms with E-state index in [9.17, 15) is 21.6 Å². The molecule has 0 aromatic heterocycles. The first-order chi connectivity index (χ1) is 7.64. The molecule has 0 saturated carbocycles. The second-order valence-electron chi connectivity index (χ2n) is 3.65. The molecule has 1 aromatic carbocycles. The maximum atomic E-state index is 12.2. The van der Waals surface area contributed by atoms with Crippen molar-refractivity contribution >= 4 is 9.84 Å². The molecule has 0 radical (unpaired) electrons. The van der Waals surface area contributed by atoms with E-state index in [1.807, 2.05) is 0 Å². The zero-order valence-electron chi connectivity index (χ0n) is 8.90. The Bertz CT molecular complexity index is 475. The van der Waals surface area contributed by atoms with Crippen LogP contribution in [0.15, 0.2) is 29.2 Å². The largest absolute Gasteiger partial charge is 0.501 e. The number of benzene rings is 1. The summed E-state index contributed by atoms with van der Waals surface area (Å²) >= 11 is 0. The average molecular weight is 268 g/mol. The van der Waals surface area contributed by atoms with Crippen molar-refractivity contribution in [2.75, 3.05) is 0 Å². The van der Waals surface area contributed by atoms with Crippen molar-refractivity contribution in [1.29, 1.82) is 0 Å². The number of alkyl halides is 3. The second-order valence-corrected chi connectivity index (χ2v) is 5.59. The number of halogens is 3. The van der Waals surface area contributed by atoms with Crippen LogP contribution in [0.2, 0.25) is 0 Å². The minimum atomic E-state index is -5.29. The van der Waals surface area contributed by atoms with Crippen LogP contribution in [0.5, 0.6) is 0 Å². The predicted octanol–water partition coefficient (Wildman–Crippen LogP) is 1.90. The molecule has 0 fully saturated rings. The molecule has 17 heavy (non-hydrogen) atoms. The fraction of sp³-hybridized carbons (Fsp3) is 0.400. The van der Waals surface area contributed by atoms with Gasteiger partial charge in [0.1, 0.15) is 0 Å². The Labute approximate surface area is 96.8 Å². The highest BCUT2D eigenvalue weighted by molar-refractivity contribution is 7.92. The van der Waals surface area contributed by atoms with Crippen LogP contribution in [0.3, 0.4) is 0 Å². The number of rotatable bonds is 3. The molecule has 0 aliphatic heterocycles. The number of sulfone groups is 1. The van der Waals surface area contributed by atoms with E-state index < -0.39 is 26.3 Å². The van der Waals surface area contributed by atoms with Gasteiger partial charge in [-0.05, 0) is 31.0 Å². The summed E-state index contributed by atoms with van der Waals surface area (Å²) < 4.78 is 58.6. The van der Waals surface area contributed by atoms with E-state index >= 15 is 0 Å². The second kappa shape index (κ2) is 4.66. The van der Waals surface area contributed by atoms with Gasteiger partial charge in [0.15, 0.2) is 0 Å². The van der Waals surface area contributed by atoms with E-state index in [2.05, 4.69) is 0 Å².